The molecule has 0 spiro atoms. The van der Waals surface area contributed by atoms with E-state index in [1.54, 1.807) is 11.9 Å². The van der Waals surface area contributed by atoms with E-state index in [0.717, 1.165) is 12.5 Å². The maximum atomic E-state index is 13.5. The highest BCUT2D eigenvalue weighted by molar-refractivity contribution is 5.64. The largest absolute Gasteiger partial charge is 0.364 e. The molecule has 1 saturated heterocycles. The monoisotopic (exact) mass is 257 g/mol. The Kier molecular flexibility index (Phi) is 3.42. The molecule has 0 bridgehead atoms. The van der Waals surface area contributed by atoms with E-state index in [1.165, 1.54) is 0 Å². The minimum atomic E-state index is -1.14. The zero-order valence-corrected chi connectivity index (χ0v) is 9.82. The van der Waals surface area contributed by atoms with Gasteiger partial charge in [0.1, 0.15) is 11.5 Å². The quantitative estimate of drug-likeness (QED) is 0.661. The summed E-state index contributed by atoms with van der Waals surface area (Å²) in [6, 6.07) is 1.72. The third-order valence-corrected chi connectivity index (χ3v) is 3.13. The average molecular weight is 257 g/mol. The van der Waals surface area contributed by atoms with Crippen LogP contribution in [0.3, 0.4) is 0 Å². The van der Waals surface area contributed by atoms with E-state index >= 15 is 0 Å². The summed E-state index contributed by atoms with van der Waals surface area (Å²) in [5, 5.41) is 13.9. The predicted molar refractivity (Wildman–Crippen MR) is 62.7 cm³/mol. The van der Waals surface area contributed by atoms with Crippen LogP contribution in [-0.2, 0) is 0 Å². The van der Waals surface area contributed by atoms with Crippen molar-refractivity contribution in [2.45, 2.75) is 12.5 Å². The summed E-state index contributed by atoms with van der Waals surface area (Å²) in [6.07, 6.45) is 0.784. The molecule has 1 aromatic rings. The van der Waals surface area contributed by atoms with Crippen molar-refractivity contribution >= 4 is 11.4 Å². The lowest BCUT2D eigenvalue weighted by atomic mass is 10.2. The second-order valence-electron chi connectivity index (χ2n) is 4.23. The molecule has 1 aromatic carbocycles. The first-order valence-electron chi connectivity index (χ1n) is 5.58. The molecule has 0 aliphatic carbocycles. The lowest BCUT2D eigenvalue weighted by molar-refractivity contribution is -0.386. The van der Waals surface area contributed by atoms with Gasteiger partial charge in [-0.15, -0.1) is 0 Å². The molecule has 2 rings (SSSR count). The molecule has 0 amide bonds. The molecule has 1 fully saturated rings. The average Bonchev–Trinajstić information content (AvgIpc) is 2.75. The lowest BCUT2D eigenvalue weighted by Gasteiger charge is -2.18. The Morgan fingerprint density at radius 3 is 2.78 bits per heavy atom. The van der Waals surface area contributed by atoms with Crippen molar-refractivity contribution in [1.29, 1.82) is 0 Å². The molecule has 0 saturated carbocycles. The van der Waals surface area contributed by atoms with E-state index in [0.29, 0.717) is 19.2 Å². The van der Waals surface area contributed by atoms with E-state index in [9.17, 15) is 18.9 Å². The normalized spacial score (nSPS) is 19.3. The Morgan fingerprint density at radius 2 is 2.22 bits per heavy atom. The number of rotatable bonds is 3. The van der Waals surface area contributed by atoms with Crippen LogP contribution in [0.25, 0.3) is 0 Å². The van der Waals surface area contributed by atoms with Gasteiger partial charge in [-0.3, -0.25) is 10.1 Å². The van der Waals surface area contributed by atoms with Crippen molar-refractivity contribution in [1.82, 2.24) is 5.32 Å². The summed E-state index contributed by atoms with van der Waals surface area (Å²) in [7, 11) is 1.79. The first-order valence-corrected chi connectivity index (χ1v) is 5.58. The van der Waals surface area contributed by atoms with Gasteiger partial charge >= 0.3 is 5.69 Å². The Balaban J connectivity index is 2.40. The molecule has 5 nitrogen and oxygen atoms in total. The Morgan fingerprint density at radius 1 is 1.50 bits per heavy atom. The molecule has 1 aliphatic heterocycles. The highest BCUT2D eigenvalue weighted by Crippen LogP contribution is 2.33. The van der Waals surface area contributed by atoms with Gasteiger partial charge < -0.3 is 10.2 Å². The fourth-order valence-electron chi connectivity index (χ4n) is 2.19. The first kappa shape index (κ1) is 12.7. The van der Waals surface area contributed by atoms with Crippen molar-refractivity contribution in [3.05, 3.63) is 33.9 Å². The molecular formula is C11H13F2N3O2. The third kappa shape index (κ3) is 2.26. The number of hydrogen-bond acceptors (Lipinski definition) is 4. The summed E-state index contributed by atoms with van der Waals surface area (Å²) in [4.78, 5) is 11.7. The van der Waals surface area contributed by atoms with Gasteiger partial charge in [0.25, 0.3) is 0 Å². The number of nitro benzene ring substituents is 1. The van der Waals surface area contributed by atoms with Gasteiger partial charge in [0.05, 0.1) is 4.92 Å². The van der Waals surface area contributed by atoms with Crippen LogP contribution in [0.2, 0.25) is 0 Å². The van der Waals surface area contributed by atoms with Crippen molar-refractivity contribution in [3.63, 3.8) is 0 Å². The zero-order chi connectivity index (χ0) is 13.3. The van der Waals surface area contributed by atoms with Gasteiger partial charge in [0, 0.05) is 31.3 Å². The minimum absolute atomic E-state index is 0.00949. The molecule has 1 N–H and O–H groups in total. The van der Waals surface area contributed by atoms with E-state index in [2.05, 4.69) is 5.32 Å². The number of likely N-dealkylation sites (N-methyl/N-ethyl adjacent to an activating group) is 1. The van der Waals surface area contributed by atoms with Crippen LogP contribution in [0.15, 0.2) is 12.1 Å². The predicted octanol–water partition coefficient (Wildman–Crippen LogP) is 1.67. The van der Waals surface area contributed by atoms with Crippen LogP contribution in [0.1, 0.15) is 6.42 Å². The van der Waals surface area contributed by atoms with Gasteiger partial charge in [0.2, 0.25) is 5.82 Å². The van der Waals surface area contributed by atoms with Crippen LogP contribution >= 0.6 is 0 Å². The molecule has 18 heavy (non-hydrogen) atoms. The molecule has 7 heteroatoms. The topological polar surface area (TPSA) is 58.4 Å². The molecule has 0 aromatic heterocycles. The number of nitro groups is 1. The summed E-state index contributed by atoms with van der Waals surface area (Å²) in [5.74, 6) is -1.94. The van der Waals surface area contributed by atoms with Crippen molar-refractivity contribution < 1.29 is 13.7 Å². The fraction of sp³-hybridized carbons (Fsp3) is 0.455. The molecule has 1 aliphatic rings. The molecular weight excluding hydrogens is 244 g/mol. The van der Waals surface area contributed by atoms with Gasteiger partial charge in [-0.25, -0.2) is 4.39 Å². The summed E-state index contributed by atoms with van der Waals surface area (Å²) in [6.45, 7) is 1.04. The van der Waals surface area contributed by atoms with Crippen LogP contribution < -0.4 is 10.2 Å². The van der Waals surface area contributed by atoms with E-state index in [4.69, 9.17) is 0 Å². The van der Waals surface area contributed by atoms with Gasteiger partial charge in [0.15, 0.2) is 0 Å². The summed E-state index contributed by atoms with van der Waals surface area (Å²) >= 11 is 0. The second-order valence-corrected chi connectivity index (χ2v) is 4.23. The van der Waals surface area contributed by atoms with Gasteiger partial charge in [-0.2, -0.15) is 4.39 Å². The zero-order valence-electron chi connectivity index (χ0n) is 9.82. The van der Waals surface area contributed by atoms with E-state index < -0.39 is 22.2 Å². The minimum Gasteiger partial charge on any atom is -0.364 e. The highest BCUT2D eigenvalue weighted by Gasteiger charge is 2.30. The first-order chi connectivity index (χ1) is 8.52. The molecule has 1 atom stereocenters. The SMILES string of the molecule is CNC1CCN(c2cc(F)cc(F)c2[N+](=O)[O-])C1. The van der Waals surface area contributed by atoms with Crippen LogP contribution in [0.4, 0.5) is 20.2 Å². The van der Waals surface area contributed by atoms with E-state index in [1.807, 2.05) is 0 Å². The van der Waals surface area contributed by atoms with Crippen molar-refractivity contribution in [2.75, 3.05) is 25.0 Å². The summed E-state index contributed by atoms with van der Waals surface area (Å²) < 4.78 is 26.7. The Labute approximate surface area is 103 Å². The number of nitrogens with zero attached hydrogens (tertiary/aromatic N) is 2. The smallest absolute Gasteiger partial charge is 0.328 e. The molecule has 1 unspecified atom stereocenters. The van der Waals surface area contributed by atoms with E-state index in [-0.39, 0.29) is 11.7 Å². The molecule has 1 heterocycles. The van der Waals surface area contributed by atoms with Crippen molar-refractivity contribution in [2.24, 2.45) is 0 Å². The van der Waals surface area contributed by atoms with Gasteiger partial charge in [-0.05, 0) is 13.5 Å². The Hall–Kier alpha value is -1.76. The number of anilines is 1. The number of halogens is 2. The van der Waals surface area contributed by atoms with Crippen LogP contribution in [0.5, 0.6) is 0 Å². The van der Waals surface area contributed by atoms with Crippen LogP contribution in [-0.4, -0.2) is 31.1 Å². The fourth-order valence-corrected chi connectivity index (χ4v) is 2.19. The second kappa shape index (κ2) is 4.85. The maximum Gasteiger partial charge on any atom is 0.328 e. The highest BCUT2D eigenvalue weighted by atomic mass is 19.1. The van der Waals surface area contributed by atoms with Crippen molar-refractivity contribution in [3.8, 4) is 0 Å². The third-order valence-electron chi connectivity index (χ3n) is 3.13. The standard InChI is InChI=1S/C11H13F2N3O2/c1-14-8-2-3-15(6-8)10-5-7(12)4-9(13)11(10)16(17)18/h4-5,8,14H,2-3,6H2,1H3. The maximum absolute atomic E-state index is 13.5. The van der Waals surface area contributed by atoms with Crippen LogP contribution in [0, 0.1) is 21.7 Å². The number of benzene rings is 1. The summed E-state index contributed by atoms with van der Waals surface area (Å²) in [5.41, 5.74) is -0.650. The Bertz CT molecular complexity index is 482. The number of hydrogen-bond donors (Lipinski definition) is 1. The number of nitrogens with one attached hydrogen (secondary N) is 1. The lowest BCUT2D eigenvalue weighted by Crippen LogP contribution is -2.29. The molecule has 98 valence electrons. The van der Waals surface area contributed by atoms with Gasteiger partial charge in [-0.1, -0.05) is 0 Å². The molecule has 0 radical (unpaired) electrons.